The zero-order valence-corrected chi connectivity index (χ0v) is 6.26. The average molecular weight is 132 g/mol. The van der Waals surface area contributed by atoms with Crippen LogP contribution in [0.5, 0.6) is 0 Å². The molecule has 0 spiro atoms. The summed E-state index contributed by atoms with van der Waals surface area (Å²) in [6, 6.07) is 0. The Labute approximate surface area is 56.8 Å². The molecule has 0 saturated carbocycles. The molecule has 0 aromatic rings. The Kier molecular flexibility index (Phi) is 5.99. The summed E-state index contributed by atoms with van der Waals surface area (Å²) in [5, 5.41) is 7.88. The van der Waals surface area contributed by atoms with Crippen LogP contribution in [0.4, 0.5) is 0 Å². The third-order valence-electron chi connectivity index (χ3n) is 1.03. The minimum absolute atomic E-state index is 0.319. The van der Waals surface area contributed by atoms with Crippen molar-refractivity contribution < 1.29 is 9.84 Å². The molecule has 0 aromatic carbocycles. The summed E-state index contributed by atoms with van der Waals surface area (Å²) in [5.74, 6) is 0.843. The van der Waals surface area contributed by atoms with Crippen molar-refractivity contribution in [1.29, 1.82) is 0 Å². The van der Waals surface area contributed by atoms with Gasteiger partial charge < -0.3 is 9.84 Å². The van der Waals surface area contributed by atoms with E-state index in [9.17, 15) is 0 Å². The first-order valence-electron chi connectivity index (χ1n) is 3.49. The van der Waals surface area contributed by atoms with Gasteiger partial charge in [-0.3, -0.25) is 0 Å². The van der Waals surface area contributed by atoms with Crippen LogP contribution >= 0.6 is 0 Å². The van der Waals surface area contributed by atoms with Crippen molar-refractivity contribution in [3.05, 3.63) is 0 Å². The van der Waals surface area contributed by atoms with Gasteiger partial charge in [-0.05, 0) is 6.42 Å². The second kappa shape index (κ2) is 6.05. The van der Waals surface area contributed by atoms with E-state index in [2.05, 4.69) is 6.92 Å². The molecule has 9 heavy (non-hydrogen) atoms. The number of hydrogen-bond acceptors (Lipinski definition) is 2. The van der Waals surface area contributed by atoms with Crippen LogP contribution in [0, 0.1) is 5.92 Å². The molecule has 0 bridgehead atoms. The summed E-state index contributed by atoms with van der Waals surface area (Å²) in [6.07, 6.45) is 0.875. The van der Waals surface area contributed by atoms with Crippen molar-refractivity contribution in [1.82, 2.24) is 0 Å². The van der Waals surface area contributed by atoms with Crippen LogP contribution < -0.4 is 0 Å². The van der Waals surface area contributed by atoms with Gasteiger partial charge >= 0.3 is 0 Å². The molecule has 1 fully saturated rings. The van der Waals surface area contributed by atoms with E-state index in [-0.39, 0.29) is 0 Å². The lowest BCUT2D eigenvalue weighted by Gasteiger charge is -2.20. The molecule has 0 unspecified atom stereocenters. The lowest BCUT2D eigenvalue weighted by molar-refractivity contribution is -0.0221. The lowest BCUT2D eigenvalue weighted by Crippen LogP contribution is -2.23. The standard InChI is InChI=1S/C4H8O.C3H8O/c1-4-2-5-3-4;1-2-3-4/h4H,2-3H2,1H3;4H,2-3H2,1H3. The van der Waals surface area contributed by atoms with Crippen LogP contribution in [0.15, 0.2) is 0 Å². The first kappa shape index (κ1) is 8.92. The molecule has 1 saturated heterocycles. The monoisotopic (exact) mass is 132 g/mol. The molecular weight excluding hydrogens is 116 g/mol. The minimum Gasteiger partial charge on any atom is -0.396 e. The molecule has 2 nitrogen and oxygen atoms in total. The van der Waals surface area contributed by atoms with E-state index in [4.69, 9.17) is 9.84 Å². The summed E-state index contributed by atoms with van der Waals surface area (Å²) in [5.41, 5.74) is 0. The Balaban J connectivity index is 0.000000148. The van der Waals surface area contributed by atoms with Crippen molar-refractivity contribution in [3.63, 3.8) is 0 Å². The maximum absolute atomic E-state index is 7.88. The van der Waals surface area contributed by atoms with Gasteiger partial charge in [-0.15, -0.1) is 0 Å². The zero-order valence-electron chi connectivity index (χ0n) is 6.26. The average Bonchev–Trinajstić information content (AvgIpc) is 1.84. The number of ether oxygens (including phenoxy) is 1. The molecule has 0 atom stereocenters. The van der Waals surface area contributed by atoms with Crippen molar-refractivity contribution in [2.24, 2.45) is 5.92 Å². The zero-order chi connectivity index (χ0) is 7.11. The molecule has 0 aliphatic carbocycles. The topological polar surface area (TPSA) is 29.5 Å². The molecule has 1 aliphatic rings. The molecule has 0 aromatic heterocycles. The van der Waals surface area contributed by atoms with E-state index >= 15 is 0 Å². The molecule has 2 heteroatoms. The fraction of sp³-hybridized carbons (Fsp3) is 1.00. The molecule has 1 heterocycles. The van der Waals surface area contributed by atoms with E-state index in [0.717, 1.165) is 25.6 Å². The Hall–Kier alpha value is -0.0800. The van der Waals surface area contributed by atoms with Crippen LogP contribution in [-0.4, -0.2) is 24.9 Å². The molecule has 1 N–H and O–H groups in total. The Bertz CT molecular complexity index is 48.9. The van der Waals surface area contributed by atoms with Gasteiger partial charge in [-0.25, -0.2) is 0 Å². The molecule has 0 radical (unpaired) electrons. The maximum Gasteiger partial charge on any atom is 0.0513 e. The highest BCUT2D eigenvalue weighted by Gasteiger charge is 2.09. The second-order valence-electron chi connectivity index (χ2n) is 2.37. The maximum atomic E-state index is 7.88. The summed E-state index contributed by atoms with van der Waals surface area (Å²) in [6.45, 7) is 6.41. The highest BCUT2D eigenvalue weighted by atomic mass is 16.5. The fourth-order valence-corrected chi connectivity index (χ4v) is 0.354. The van der Waals surface area contributed by atoms with E-state index in [1.54, 1.807) is 0 Å². The molecule has 56 valence electrons. The molecular formula is C7H16O2. The van der Waals surface area contributed by atoms with Gasteiger partial charge in [0, 0.05) is 12.5 Å². The van der Waals surface area contributed by atoms with Gasteiger partial charge in [0.05, 0.1) is 13.2 Å². The van der Waals surface area contributed by atoms with Crippen LogP contribution in [-0.2, 0) is 4.74 Å². The van der Waals surface area contributed by atoms with Crippen LogP contribution in [0.25, 0.3) is 0 Å². The highest BCUT2D eigenvalue weighted by molar-refractivity contribution is 4.56. The van der Waals surface area contributed by atoms with Crippen molar-refractivity contribution in [3.8, 4) is 0 Å². The van der Waals surface area contributed by atoms with Crippen LogP contribution in [0.2, 0.25) is 0 Å². The van der Waals surface area contributed by atoms with Crippen molar-refractivity contribution in [2.45, 2.75) is 20.3 Å². The van der Waals surface area contributed by atoms with Gasteiger partial charge in [-0.1, -0.05) is 13.8 Å². The Morgan fingerprint density at radius 1 is 1.56 bits per heavy atom. The van der Waals surface area contributed by atoms with E-state index < -0.39 is 0 Å². The largest absolute Gasteiger partial charge is 0.396 e. The third kappa shape index (κ3) is 5.80. The third-order valence-corrected chi connectivity index (χ3v) is 1.03. The van der Waals surface area contributed by atoms with Crippen LogP contribution in [0.3, 0.4) is 0 Å². The predicted molar refractivity (Wildman–Crippen MR) is 37.4 cm³/mol. The van der Waals surface area contributed by atoms with Gasteiger partial charge in [-0.2, -0.15) is 0 Å². The second-order valence-corrected chi connectivity index (χ2v) is 2.37. The number of aliphatic hydroxyl groups excluding tert-OH is 1. The summed E-state index contributed by atoms with van der Waals surface area (Å²) in [4.78, 5) is 0. The Morgan fingerprint density at radius 2 is 1.89 bits per heavy atom. The molecule has 1 aliphatic heterocycles. The quantitative estimate of drug-likeness (QED) is 0.577. The van der Waals surface area contributed by atoms with E-state index in [1.807, 2.05) is 6.92 Å². The minimum atomic E-state index is 0.319. The van der Waals surface area contributed by atoms with Crippen molar-refractivity contribution in [2.75, 3.05) is 19.8 Å². The SMILES string of the molecule is CC1COC1.CCCO. The molecule has 0 amide bonds. The summed E-state index contributed by atoms with van der Waals surface area (Å²) in [7, 11) is 0. The van der Waals surface area contributed by atoms with Crippen molar-refractivity contribution >= 4 is 0 Å². The predicted octanol–water partition coefficient (Wildman–Crippen LogP) is 1.04. The van der Waals surface area contributed by atoms with Gasteiger partial charge in [0.15, 0.2) is 0 Å². The van der Waals surface area contributed by atoms with E-state index in [0.29, 0.717) is 6.61 Å². The molecule has 1 rings (SSSR count). The lowest BCUT2D eigenvalue weighted by atomic mass is 10.2. The highest BCUT2D eigenvalue weighted by Crippen LogP contribution is 2.05. The fourth-order valence-electron chi connectivity index (χ4n) is 0.354. The first-order chi connectivity index (χ1) is 4.31. The smallest absolute Gasteiger partial charge is 0.0513 e. The van der Waals surface area contributed by atoms with Gasteiger partial charge in [0.1, 0.15) is 0 Å². The van der Waals surface area contributed by atoms with Crippen LogP contribution in [0.1, 0.15) is 20.3 Å². The normalized spacial score (nSPS) is 17.7. The number of aliphatic hydroxyl groups is 1. The summed E-state index contributed by atoms with van der Waals surface area (Å²) >= 11 is 0. The Morgan fingerprint density at radius 3 is 1.89 bits per heavy atom. The van der Waals surface area contributed by atoms with Gasteiger partial charge in [0.2, 0.25) is 0 Å². The van der Waals surface area contributed by atoms with E-state index in [1.165, 1.54) is 0 Å². The number of hydrogen-bond donors (Lipinski definition) is 1. The number of rotatable bonds is 1. The van der Waals surface area contributed by atoms with Gasteiger partial charge in [0.25, 0.3) is 0 Å². The first-order valence-corrected chi connectivity index (χ1v) is 3.49. The summed E-state index contributed by atoms with van der Waals surface area (Å²) < 4.78 is 4.83.